The van der Waals surface area contributed by atoms with Crippen LogP contribution in [-0.4, -0.2) is 59.2 Å². The van der Waals surface area contributed by atoms with Crippen LogP contribution in [0.15, 0.2) is 36.7 Å². The summed E-state index contributed by atoms with van der Waals surface area (Å²) in [5.74, 6) is -0.701. The van der Waals surface area contributed by atoms with E-state index in [4.69, 9.17) is 4.74 Å². The van der Waals surface area contributed by atoms with Crippen molar-refractivity contribution in [3.63, 3.8) is 0 Å². The van der Waals surface area contributed by atoms with Crippen LogP contribution < -0.4 is 15.0 Å². The smallest absolute Gasteiger partial charge is 0.229 e. The molecule has 1 atom stereocenters. The van der Waals surface area contributed by atoms with Crippen molar-refractivity contribution in [2.75, 3.05) is 30.1 Å². The van der Waals surface area contributed by atoms with Crippen molar-refractivity contribution in [3.05, 3.63) is 53.9 Å². The quantitative estimate of drug-likeness (QED) is 0.433. The summed E-state index contributed by atoms with van der Waals surface area (Å²) in [7, 11) is -1.84. The number of nitrogens with one attached hydrogen (secondary N) is 1. The number of halogens is 2. The Balaban J connectivity index is 1.63. The molecule has 1 aliphatic rings. The Hall–Kier alpha value is -3.38. The fourth-order valence-corrected chi connectivity index (χ4v) is 4.54. The van der Waals surface area contributed by atoms with Crippen LogP contribution in [0.1, 0.15) is 39.7 Å². The van der Waals surface area contributed by atoms with Crippen LogP contribution in [0.5, 0.6) is 5.75 Å². The van der Waals surface area contributed by atoms with Crippen molar-refractivity contribution in [2.45, 2.75) is 52.3 Å². The van der Waals surface area contributed by atoms with Gasteiger partial charge in [-0.15, -0.1) is 0 Å². The van der Waals surface area contributed by atoms with Crippen LogP contribution in [-0.2, 0) is 16.6 Å². The molecule has 0 aliphatic carbocycles. The van der Waals surface area contributed by atoms with Gasteiger partial charge in [-0.3, -0.25) is 0 Å². The van der Waals surface area contributed by atoms with E-state index in [1.54, 1.807) is 18.2 Å². The SMILES string of the molecule is CCC(C)N1CC(C)(C)Oc2c(F)cc(-c3nc(Nc4ccc(CN(C)S(C)(=O)=O)cn4)ncc3F)cc21. The van der Waals surface area contributed by atoms with Crippen LogP contribution in [0.4, 0.5) is 26.2 Å². The molecular formula is C26H32F2N6O3S. The first-order valence-corrected chi connectivity index (χ1v) is 14.1. The number of sulfonamides is 1. The van der Waals surface area contributed by atoms with E-state index in [1.165, 1.54) is 23.6 Å². The molecule has 1 aromatic carbocycles. The Morgan fingerprint density at radius 2 is 1.92 bits per heavy atom. The molecule has 0 fully saturated rings. The lowest BCUT2D eigenvalue weighted by Crippen LogP contribution is -2.50. The number of rotatable bonds is 8. The summed E-state index contributed by atoms with van der Waals surface area (Å²) in [6.45, 7) is 8.65. The van der Waals surface area contributed by atoms with Gasteiger partial charge in [0.25, 0.3) is 0 Å². The van der Waals surface area contributed by atoms with Gasteiger partial charge >= 0.3 is 0 Å². The van der Waals surface area contributed by atoms with Gasteiger partial charge in [-0.1, -0.05) is 13.0 Å². The standard InChI is InChI=1S/C26H32F2N6O3S/c1-7-16(2)34-15-26(3,4)37-24-19(27)10-18(11-21(24)34)23-20(28)13-30-25(32-23)31-22-9-8-17(12-29-22)14-33(5)38(6,35)36/h8-13,16H,7,14-15H2,1-6H3,(H,29,30,31,32). The molecule has 1 N–H and O–H groups in total. The van der Waals surface area contributed by atoms with Crippen molar-refractivity contribution < 1.29 is 21.9 Å². The molecule has 3 aromatic rings. The van der Waals surface area contributed by atoms with Gasteiger partial charge in [-0.05, 0) is 51.0 Å². The third kappa shape index (κ3) is 6.02. The molecular weight excluding hydrogens is 514 g/mol. The molecule has 204 valence electrons. The highest BCUT2D eigenvalue weighted by Gasteiger charge is 2.36. The van der Waals surface area contributed by atoms with Crippen molar-refractivity contribution in [1.82, 2.24) is 19.3 Å². The van der Waals surface area contributed by atoms with Gasteiger partial charge in [0.05, 0.1) is 24.7 Å². The van der Waals surface area contributed by atoms with Crippen molar-refractivity contribution in [3.8, 4) is 17.0 Å². The zero-order chi connectivity index (χ0) is 27.8. The molecule has 12 heteroatoms. The fraction of sp³-hybridized carbons (Fsp3) is 0.423. The van der Waals surface area contributed by atoms with E-state index in [0.29, 0.717) is 23.6 Å². The second-order valence-corrected chi connectivity index (χ2v) is 12.2. The van der Waals surface area contributed by atoms with E-state index < -0.39 is 27.3 Å². The second-order valence-electron chi connectivity index (χ2n) is 10.1. The maximum Gasteiger partial charge on any atom is 0.229 e. The van der Waals surface area contributed by atoms with Gasteiger partial charge in [0.15, 0.2) is 17.4 Å². The maximum atomic E-state index is 15.3. The number of aromatic nitrogens is 3. The topological polar surface area (TPSA) is 101 Å². The highest BCUT2D eigenvalue weighted by molar-refractivity contribution is 7.88. The zero-order valence-electron chi connectivity index (χ0n) is 22.3. The first-order valence-electron chi connectivity index (χ1n) is 12.2. The number of nitrogens with zero attached hydrogens (tertiary/aromatic N) is 5. The minimum atomic E-state index is -3.32. The van der Waals surface area contributed by atoms with Gasteiger partial charge in [0.2, 0.25) is 16.0 Å². The van der Waals surface area contributed by atoms with E-state index in [2.05, 4.69) is 39.0 Å². The summed E-state index contributed by atoms with van der Waals surface area (Å²) in [5.41, 5.74) is 0.846. The molecule has 0 saturated carbocycles. The van der Waals surface area contributed by atoms with Crippen molar-refractivity contribution in [2.24, 2.45) is 0 Å². The van der Waals surface area contributed by atoms with Crippen LogP contribution in [0, 0.1) is 11.6 Å². The van der Waals surface area contributed by atoms with Gasteiger partial charge in [-0.25, -0.2) is 36.5 Å². The minimum Gasteiger partial charge on any atom is -0.481 e. The molecule has 0 saturated heterocycles. The van der Waals surface area contributed by atoms with Crippen LogP contribution >= 0.6 is 0 Å². The Morgan fingerprint density at radius 1 is 1.18 bits per heavy atom. The van der Waals surface area contributed by atoms with Crippen molar-refractivity contribution in [1.29, 1.82) is 0 Å². The first-order chi connectivity index (χ1) is 17.8. The third-order valence-electron chi connectivity index (χ3n) is 6.44. The number of hydrogen-bond acceptors (Lipinski definition) is 8. The second kappa shape index (κ2) is 10.4. The largest absolute Gasteiger partial charge is 0.481 e. The molecule has 4 rings (SSSR count). The average molecular weight is 547 g/mol. The molecule has 38 heavy (non-hydrogen) atoms. The molecule has 0 radical (unpaired) electrons. The molecule has 0 spiro atoms. The summed E-state index contributed by atoms with van der Waals surface area (Å²) >= 11 is 0. The molecule has 3 heterocycles. The molecule has 0 amide bonds. The molecule has 9 nitrogen and oxygen atoms in total. The number of anilines is 3. The predicted octanol–water partition coefficient (Wildman–Crippen LogP) is 4.73. The fourth-order valence-electron chi connectivity index (χ4n) is 4.16. The monoisotopic (exact) mass is 546 g/mol. The number of hydrogen-bond donors (Lipinski definition) is 1. The van der Waals surface area contributed by atoms with E-state index in [-0.39, 0.29) is 35.5 Å². The summed E-state index contributed by atoms with van der Waals surface area (Å²) in [4.78, 5) is 14.6. The van der Waals surface area contributed by atoms with E-state index >= 15 is 4.39 Å². The molecule has 1 unspecified atom stereocenters. The van der Waals surface area contributed by atoms with Gasteiger partial charge in [0.1, 0.15) is 17.1 Å². The number of fused-ring (bicyclic) bond motifs is 1. The zero-order valence-corrected chi connectivity index (χ0v) is 23.1. The lowest BCUT2D eigenvalue weighted by molar-refractivity contribution is 0.0960. The third-order valence-corrected chi connectivity index (χ3v) is 7.70. The summed E-state index contributed by atoms with van der Waals surface area (Å²) in [6.07, 6.45) is 4.51. The summed E-state index contributed by atoms with van der Waals surface area (Å²) in [5, 5.41) is 2.92. The Bertz CT molecular complexity index is 1430. The summed E-state index contributed by atoms with van der Waals surface area (Å²) < 4.78 is 60.6. The van der Waals surface area contributed by atoms with Crippen LogP contribution in [0.3, 0.4) is 0 Å². The maximum absolute atomic E-state index is 15.3. The highest BCUT2D eigenvalue weighted by atomic mass is 32.2. The van der Waals surface area contributed by atoms with Gasteiger partial charge < -0.3 is 15.0 Å². The van der Waals surface area contributed by atoms with Crippen LogP contribution in [0.2, 0.25) is 0 Å². The van der Waals surface area contributed by atoms with Gasteiger partial charge in [0, 0.05) is 31.4 Å². The molecule has 1 aliphatic heterocycles. The Kier molecular flexibility index (Phi) is 7.57. The van der Waals surface area contributed by atoms with E-state index in [1.807, 2.05) is 13.8 Å². The number of pyridine rings is 1. The molecule has 0 bridgehead atoms. The van der Waals surface area contributed by atoms with E-state index in [0.717, 1.165) is 18.9 Å². The minimum absolute atomic E-state index is 0.0652. The predicted molar refractivity (Wildman–Crippen MR) is 143 cm³/mol. The lowest BCUT2D eigenvalue weighted by atomic mass is 10.00. The van der Waals surface area contributed by atoms with E-state index in [9.17, 15) is 12.8 Å². The first kappa shape index (κ1) is 27.6. The van der Waals surface area contributed by atoms with Crippen LogP contribution in [0.25, 0.3) is 11.3 Å². The molecule has 2 aromatic heterocycles. The lowest BCUT2D eigenvalue weighted by Gasteiger charge is -2.44. The summed E-state index contributed by atoms with van der Waals surface area (Å²) in [6, 6.07) is 6.38. The number of ether oxygens (including phenoxy) is 1. The highest BCUT2D eigenvalue weighted by Crippen LogP contribution is 2.43. The Labute approximate surface area is 221 Å². The number of benzene rings is 1. The van der Waals surface area contributed by atoms with Gasteiger partial charge in [-0.2, -0.15) is 0 Å². The normalized spacial score (nSPS) is 15.7. The average Bonchev–Trinajstić information content (AvgIpc) is 2.85. The van der Waals surface area contributed by atoms with Crippen molar-refractivity contribution >= 4 is 27.5 Å². The Morgan fingerprint density at radius 3 is 2.55 bits per heavy atom.